The highest BCUT2D eigenvalue weighted by atomic mass is 79.9. The first-order valence-electron chi connectivity index (χ1n) is 9.79. The van der Waals surface area contributed by atoms with E-state index in [9.17, 15) is 28.6 Å². The molecule has 0 aliphatic heterocycles. The smallest absolute Gasteiger partial charge is 0.339 e. The van der Waals surface area contributed by atoms with E-state index in [4.69, 9.17) is 8.92 Å². The Hall–Kier alpha value is -3.73. The zero-order valence-electron chi connectivity index (χ0n) is 18.3. The maximum atomic E-state index is 12.7. The van der Waals surface area contributed by atoms with Crippen molar-refractivity contribution in [2.75, 3.05) is 12.4 Å². The minimum atomic E-state index is -4.37. The van der Waals surface area contributed by atoms with Gasteiger partial charge in [-0.15, -0.1) is 0 Å². The number of halogens is 2. The molecule has 0 heterocycles. The summed E-state index contributed by atoms with van der Waals surface area (Å²) in [6, 6.07) is 15.6. The van der Waals surface area contributed by atoms with Crippen LogP contribution in [-0.2, 0) is 14.9 Å². The average Bonchev–Trinajstić information content (AvgIpc) is 2.85. The molecule has 3 rings (SSSR count). The van der Waals surface area contributed by atoms with Crippen LogP contribution in [0.2, 0.25) is 0 Å². The molecule has 0 spiro atoms. The quantitative estimate of drug-likeness (QED) is 0.113. The molecule has 0 unspecified atom stereocenters. The predicted octanol–water partition coefficient (Wildman–Crippen LogP) is 5.44. The number of carbonyl (C=O) groups excluding carboxylic acids is 1. The van der Waals surface area contributed by atoms with Gasteiger partial charge in [0.15, 0.2) is 11.5 Å². The van der Waals surface area contributed by atoms with E-state index in [1.807, 2.05) is 6.07 Å². The maximum absolute atomic E-state index is 12.7. The lowest BCUT2D eigenvalue weighted by Crippen LogP contribution is -2.13. The Morgan fingerprint density at radius 2 is 1.75 bits per heavy atom. The number of benzene rings is 3. The third-order valence-corrected chi connectivity index (χ3v) is 6.91. The first-order chi connectivity index (χ1) is 17.0. The number of nitro groups is 1. The fraction of sp³-hybridized carbons (Fsp3) is 0.0435. The van der Waals surface area contributed by atoms with Gasteiger partial charge >= 0.3 is 10.1 Å². The minimum absolute atomic E-state index is 0.00767. The number of anilines is 1. The molecule has 1 N–H and O–H groups in total. The summed E-state index contributed by atoms with van der Waals surface area (Å²) >= 11 is 6.53. The van der Waals surface area contributed by atoms with Crippen molar-refractivity contribution in [3.63, 3.8) is 0 Å². The van der Waals surface area contributed by atoms with E-state index >= 15 is 0 Å². The molecule has 0 saturated carbocycles. The number of non-ortho nitro benzene ring substituents is 1. The first-order valence-corrected chi connectivity index (χ1v) is 12.8. The summed E-state index contributed by atoms with van der Waals surface area (Å²) in [4.78, 5) is 22.4. The number of nitro benzene ring substituents is 1. The lowest BCUT2D eigenvalue weighted by atomic mass is 10.1. The van der Waals surface area contributed by atoms with E-state index in [-0.39, 0.29) is 32.1 Å². The van der Waals surface area contributed by atoms with Crippen molar-refractivity contribution in [1.29, 1.82) is 5.26 Å². The summed E-state index contributed by atoms with van der Waals surface area (Å²) in [6.45, 7) is 0. The van der Waals surface area contributed by atoms with Gasteiger partial charge in [0.2, 0.25) is 0 Å². The molecule has 1 amide bonds. The second-order valence-corrected chi connectivity index (χ2v) is 10.3. The molecule has 0 atom stereocenters. The van der Waals surface area contributed by atoms with Gasteiger partial charge in [-0.3, -0.25) is 14.9 Å². The SMILES string of the molecule is COc1cc(/C=C(/C#N)C(=O)Nc2ccc(Br)cc2)cc(Br)c1OS(=O)(=O)c1ccc([N+](=O)[O-])cc1. The number of nitrogens with one attached hydrogen (secondary N) is 1. The van der Waals surface area contributed by atoms with E-state index in [2.05, 4.69) is 37.2 Å². The Balaban J connectivity index is 1.89. The van der Waals surface area contributed by atoms with Crippen LogP contribution < -0.4 is 14.2 Å². The van der Waals surface area contributed by atoms with E-state index < -0.39 is 20.9 Å². The highest BCUT2D eigenvalue weighted by Gasteiger charge is 2.23. The molecule has 0 radical (unpaired) electrons. The van der Waals surface area contributed by atoms with Crippen molar-refractivity contribution in [2.45, 2.75) is 4.90 Å². The predicted molar refractivity (Wildman–Crippen MR) is 138 cm³/mol. The zero-order valence-corrected chi connectivity index (χ0v) is 22.3. The zero-order chi connectivity index (χ0) is 26.5. The number of ether oxygens (including phenoxy) is 1. The molecule has 10 nitrogen and oxygen atoms in total. The molecule has 36 heavy (non-hydrogen) atoms. The van der Waals surface area contributed by atoms with Crippen molar-refractivity contribution < 1.29 is 27.1 Å². The fourth-order valence-corrected chi connectivity index (χ4v) is 4.71. The van der Waals surface area contributed by atoms with Crippen LogP contribution in [0.25, 0.3) is 6.08 Å². The lowest BCUT2D eigenvalue weighted by molar-refractivity contribution is -0.384. The molecule has 3 aromatic rings. The van der Waals surface area contributed by atoms with Crippen LogP contribution in [-0.4, -0.2) is 26.4 Å². The highest BCUT2D eigenvalue weighted by Crippen LogP contribution is 2.39. The number of amides is 1. The largest absolute Gasteiger partial charge is 0.493 e. The van der Waals surface area contributed by atoms with E-state index in [1.165, 1.54) is 25.3 Å². The van der Waals surface area contributed by atoms with Crippen LogP contribution in [0.4, 0.5) is 11.4 Å². The number of nitriles is 1. The van der Waals surface area contributed by atoms with Gasteiger partial charge in [-0.05, 0) is 76.1 Å². The lowest BCUT2D eigenvalue weighted by Gasteiger charge is -2.13. The molecule has 13 heteroatoms. The van der Waals surface area contributed by atoms with Crippen LogP contribution in [0, 0.1) is 21.4 Å². The fourth-order valence-electron chi connectivity index (χ4n) is 2.84. The first kappa shape index (κ1) is 26.9. The Morgan fingerprint density at radius 3 is 2.31 bits per heavy atom. The normalized spacial score (nSPS) is 11.3. The van der Waals surface area contributed by atoms with Gasteiger partial charge in [0, 0.05) is 22.3 Å². The topological polar surface area (TPSA) is 149 Å². The number of hydrogen-bond donors (Lipinski definition) is 1. The molecule has 0 aliphatic rings. The van der Waals surface area contributed by atoms with E-state index in [0.29, 0.717) is 11.3 Å². The standard InChI is InChI=1S/C23H15Br2N3O7S/c1-34-21-12-14(10-15(13-26)23(29)27-17-4-2-16(24)3-5-17)11-20(25)22(21)35-36(32,33)19-8-6-18(7-9-19)28(30)31/h2-12H,1H3,(H,27,29)/b15-10-. The number of hydrogen-bond acceptors (Lipinski definition) is 8. The molecule has 0 fully saturated rings. The highest BCUT2D eigenvalue weighted by molar-refractivity contribution is 9.10. The Kier molecular flexibility index (Phi) is 8.46. The van der Waals surface area contributed by atoms with Gasteiger partial charge in [-0.2, -0.15) is 13.7 Å². The number of carbonyl (C=O) groups is 1. The molecule has 0 aromatic heterocycles. The Morgan fingerprint density at radius 1 is 1.11 bits per heavy atom. The Labute approximate surface area is 222 Å². The molecule has 3 aromatic carbocycles. The average molecular weight is 637 g/mol. The second-order valence-electron chi connectivity index (χ2n) is 6.95. The third-order valence-electron chi connectivity index (χ3n) is 4.56. The molecule has 184 valence electrons. The van der Waals surface area contributed by atoms with Crippen molar-refractivity contribution in [1.82, 2.24) is 0 Å². The van der Waals surface area contributed by atoms with E-state index in [0.717, 1.165) is 28.7 Å². The third kappa shape index (κ3) is 6.48. The number of methoxy groups -OCH3 is 1. The van der Waals surface area contributed by atoms with Crippen LogP contribution in [0.5, 0.6) is 11.5 Å². The molecule has 0 saturated heterocycles. The van der Waals surface area contributed by atoms with Gasteiger partial charge in [0.1, 0.15) is 16.5 Å². The van der Waals surface area contributed by atoms with Crippen LogP contribution >= 0.6 is 31.9 Å². The summed E-state index contributed by atoms with van der Waals surface area (Å²) in [5.41, 5.74) is 0.352. The summed E-state index contributed by atoms with van der Waals surface area (Å²) in [5.74, 6) is -0.839. The number of rotatable bonds is 8. The van der Waals surface area contributed by atoms with Crippen molar-refractivity contribution >= 4 is 65.3 Å². The minimum Gasteiger partial charge on any atom is -0.493 e. The van der Waals surface area contributed by atoms with Crippen LogP contribution in [0.15, 0.2) is 80.1 Å². The maximum Gasteiger partial charge on any atom is 0.339 e. The van der Waals surface area contributed by atoms with Crippen LogP contribution in [0.1, 0.15) is 5.56 Å². The van der Waals surface area contributed by atoms with Gasteiger partial charge < -0.3 is 14.2 Å². The van der Waals surface area contributed by atoms with Crippen LogP contribution in [0.3, 0.4) is 0 Å². The second kappa shape index (κ2) is 11.3. The van der Waals surface area contributed by atoms with Crippen molar-refractivity contribution in [3.05, 3.63) is 90.9 Å². The molecular formula is C23H15Br2N3O7S. The molecule has 0 bridgehead atoms. The Bertz CT molecular complexity index is 1500. The van der Waals surface area contributed by atoms with Gasteiger partial charge in [0.25, 0.3) is 11.6 Å². The molecular weight excluding hydrogens is 622 g/mol. The molecule has 0 aliphatic carbocycles. The van der Waals surface area contributed by atoms with E-state index in [1.54, 1.807) is 24.3 Å². The van der Waals surface area contributed by atoms with Gasteiger partial charge in [0.05, 0.1) is 16.5 Å². The van der Waals surface area contributed by atoms with Crippen molar-refractivity contribution in [2.24, 2.45) is 0 Å². The van der Waals surface area contributed by atoms with Gasteiger partial charge in [-0.1, -0.05) is 15.9 Å². The summed E-state index contributed by atoms with van der Waals surface area (Å²) in [6.07, 6.45) is 1.30. The van der Waals surface area contributed by atoms with Gasteiger partial charge in [-0.25, -0.2) is 0 Å². The summed E-state index contributed by atoms with van der Waals surface area (Å²) in [5, 5.41) is 22.9. The summed E-state index contributed by atoms with van der Waals surface area (Å²) in [7, 11) is -3.09. The monoisotopic (exact) mass is 635 g/mol. The van der Waals surface area contributed by atoms with Crippen molar-refractivity contribution in [3.8, 4) is 17.6 Å². The number of nitrogens with zero attached hydrogens (tertiary/aromatic N) is 2. The summed E-state index contributed by atoms with van der Waals surface area (Å²) < 4.78 is 36.9.